The van der Waals surface area contributed by atoms with E-state index in [2.05, 4.69) is 18.8 Å². The number of nitrogens with one attached hydrogen (secondary N) is 1. The first-order valence-corrected chi connectivity index (χ1v) is 10.2. The van der Waals surface area contributed by atoms with Crippen molar-refractivity contribution in [3.8, 4) is 0 Å². The summed E-state index contributed by atoms with van der Waals surface area (Å²) in [4.78, 5) is 25.9. The van der Waals surface area contributed by atoms with Crippen LogP contribution in [0.3, 0.4) is 0 Å². The maximum atomic E-state index is 13.0. The number of aliphatic hydroxyl groups excluding tert-OH is 1. The molecule has 0 spiro atoms. The summed E-state index contributed by atoms with van der Waals surface area (Å²) >= 11 is 0. The Morgan fingerprint density at radius 3 is 2.56 bits per heavy atom. The molecular formula is C23H33NO3. The Morgan fingerprint density at radius 2 is 1.96 bits per heavy atom. The lowest BCUT2D eigenvalue weighted by Gasteiger charge is -2.33. The Kier molecular flexibility index (Phi) is 7.23. The average molecular weight is 372 g/mol. The topological polar surface area (TPSA) is 66.4 Å². The molecule has 2 aliphatic rings. The molecule has 0 saturated heterocycles. The first-order chi connectivity index (χ1) is 12.8. The van der Waals surface area contributed by atoms with Crippen LogP contribution in [-0.4, -0.2) is 23.2 Å². The highest BCUT2D eigenvalue weighted by atomic mass is 16.3. The van der Waals surface area contributed by atoms with Gasteiger partial charge >= 0.3 is 0 Å². The van der Waals surface area contributed by atoms with E-state index in [1.165, 1.54) is 5.57 Å². The van der Waals surface area contributed by atoms with Crippen LogP contribution in [0.1, 0.15) is 66.2 Å². The molecule has 0 amide bonds. The van der Waals surface area contributed by atoms with Gasteiger partial charge in [0.25, 0.3) is 0 Å². The maximum absolute atomic E-state index is 13.0. The Bertz CT molecular complexity index is 724. The van der Waals surface area contributed by atoms with E-state index in [9.17, 15) is 14.7 Å². The number of carbonyl (C=O) groups is 2. The SMILES string of the molecule is C=C(C)C1CCC(C)=C[C@H]1C1=C(O)C(NCCCC)=C(CCC)C(=O)C1=O. The summed E-state index contributed by atoms with van der Waals surface area (Å²) in [7, 11) is 0. The fourth-order valence-electron chi connectivity index (χ4n) is 4.04. The van der Waals surface area contributed by atoms with Crippen molar-refractivity contribution in [1.29, 1.82) is 0 Å². The molecule has 2 atom stereocenters. The van der Waals surface area contributed by atoms with Crippen LogP contribution in [0.5, 0.6) is 0 Å². The third-order valence-corrected chi connectivity index (χ3v) is 5.56. The lowest BCUT2D eigenvalue weighted by atomic mass is 9.70. The van der Waals surface area contributed by atoms with Gasteiger partial charge in [-0.1, -0.05) is 50.5 Å². The van der Waals surface area contributed by atoms with Crippen molar-refractivity contribution in [3.63, 3.8) is 0 Å². The molecule has 1 unspecified atom stereocenters. The minimum absolute atomic E-state index is 0.0404. The third-order valence-electron chi connectivity index (χ3n) is 5.56. The van der Waals surface area contributed by atoms with Gasteiger partial charge in [-0.2, -0.15) is 0 Å². The molecule has 0 bridgehead atoms. The zero-order valence-corrected chi connectivity index (χ0v) is 17.2. The van der Waals surface area contributed by atoms with Crippen LogP contribution in [0, 0.1) is 11.8 Å². The Labute approximate surface area is 163 Å². The second kappa shape index (κ2) is 9.20. The summed E-state index contributed by atoms with van der Waals surface area (Å²) in [5.41, 5.74) is 3.28. The van der Waals surface area contributed by atoms with Crippen molar-refractivity contribution in [2.75, 3.05) is 6.54 Å². The molecular weight excluding hydrogens is 338 g/mol. The summed E-state index contributed by atoms with van der Waals surface area (Å²) in [5, 5.41) is 14.3. The van der Waals surface area contributed by atoms with Crippen LogP contribution >= 0.6 is 0 Å². The molecule has 2 aliphatic carbocycles. The van der Waals surface area contributed by atoms with E-state index in [4.69, 9.17) is 0 Å². The van der Waals surface area contributed by atoms with E-state index < -0.39 is 11.6 Å². The van der Waals surface area contributed by atoms with Crippen LogP contribution < -0.4 is 5.32 Å². The molecule has 148 valence electrons. The highest BCUT2D eigenvalue weighted by Crippen LogP contribution is 2.41. The third kappa shape index (κ3) is 4.42. The number of ketones is 2. The first kappa shape index (κ1) is 21.2. The van der Waals surface area contributed by atoms with E-state index >= 15 is 0 Å². The summed E-state index contributed by atoms with van der Waals surface area (Å²) < 4.78 is 0. The summed E-state index contributed by atoms with van der Waals surface area (Å²) in [6.45, 7) is 12.8. The molecule has 0 radical (unpaired) electrons. The molecule has 4 heteroatoms. The largest absolute Gasteiger partial charge is 0.505 e. The fourth-order valence-corrected chi connectivity index (χ4v) is 4.04. The molecule has 4 nitrogen and oxygen atoms in total. The van der Waals surface area contributed by atoms with Crippen LogP contribution in [0.2, 0.25) is 0 Å². The zero-order chi connectivity index (χ0) is 20.1. The van der Waals surface area contributed by atoms with E-state index in [1.54, 1.807) is 0 Å². The van der Waals surface area contributed by atoms with Gasteiger partial charge in [0, 0.05) is 18.0 Å². The number of rotatable bonds is 8. The second-order valence-corrected chi connectivity index (χ2v) is 7.83. The predicted molar refractivity (Wildman–Crippen MR) is 109 cm³/mol. The van der Waals surface area contributed by atoms with Gasteiger partial charge in [0.1, 0.15) is 5.76 Å². The predicted octanol–water partition coefficient (Wildman–Crippen LogP) is 4.94. The van der Waals surface area contributed by atoms with E-state index in [0.29, 0.717) is 24.2 Å². The van der Waals surface area contributed by atoms with Gasteiger partial charge in [-0.05, 0) is 45.4 Å². The number of unbranched alkanes of at least 4 members (excludes halogenated alkanes) is 1. The van der Waals surface area contributed by atoms with Crippen molar-refractivity contribution in [3.05, 3.63) is 46.4 Å². The van der Waals surface area contributed by atoms with Crippen molar-refractivity contribution >= 4 is 11.6 Å². The Balaban J connectivity index is 2.57. The molecule has 2 rings (SSSR count). The summed E-state index contributed by atoms with van der Waals surface area (Å²) in [6, 6.07) is 0. The van der Waals surface area contributed by atoms with E-state index in [1.807, 2.05) is 26.8 Å². The molecule has 27 heavy (non-hydrogen) atoms. The highest BCUT2D eigenvalue weighted by molar-refractivity contribution is 6.50. The quantitative estimate of drug-likeness (QED) is 0.274. The Hall–Kier alpha value is -2.10. The fraction of sp³-hybridized carbons (Fsp3) is 0.565. The number of aliphatic hydroxyl groups is 1. The van der Waals surface area contributed by atoms with Crippen LogP contribution in [0.25, 0.3) is 0 Å². The molecule has 2 N–H and O–H groups in total. The maximum Gasteiger partial charge on any atom is 0.233 e. The van der Waals surface area contributed by atoms with Crippen LogP contribution in [0.15, 0.2) is 46.4 Å². The normalized spacial score (nSPS) is 23.6. The average Bonchev–Trinajstić information content (AvgIpc) is 2.62. The Morgan fingerprint density at radius 1 is 1.26 bits per heavy atom. The van der Waals surface area contributed by atoms with E-state index in [-0.39, 0.29) is 23.2 Å². The van der Waals surface area contributed by atoms with Gasteiger partial charge in [0.2, 0.25) is 11.6 Å². The second-order valence-electron chi connectivity index (χ2n) is 7.83. The van der Waals surface area contributed by atoms with Gasteiger partial charge in [0.15, 0.2) is 0 Å². The van der Waals surface area contributed by atoms with Crippen LogP contribution in [0.4, 0.5) is 0 Å². The lowest BCUT2D eigenvalue weighted by Crippen LogP contribution is -2.36. The van der Waals surface area contributed by atoms with Crippen molar-refractivity contribution in [2.24, 2.45) is 11.8 Å². The molecule has 0 fully saturated rings. The van der Waals surface area contributed by atoms with Crippen molar-refractivity contribution in [1.82, 2.24) is 5.32 Å². The molecule has 0 aromatic carbocycles. The number of carbonyl (C=O) groups excluding carboxylic acids is 2. The number of hydrogen-bond acceptors (Lipinski definition) is 4. The van der Waals surface area contributed by atoms with Gasteiger partial charge < -0.3 is 10.4 Å². The van der Waals surface area contributed by atoms with Gasteiger partial charge in [-0.15, -0.1) is 0 Å². The number of hydrogen-bond donors (Lipinski definition) is 2. The van der Waals surface area contributed by atoms with Crippen molar-refractivity contribution in [2.45, 2.75) is 66.2 Å². The lowest BCUT2D eigenvalue weighted by molar-refractivity contribution is -0.133. The number of Topliss-reactive ketones (excluding diaryl/α,β-unsaturated/α-hetero) is 2. The van der Waals surface area contributed by atoms with Gasteiger partial charge in [-0.3, -0.25) is 9.59 Å². The summed E-state index contributed by atoms with van der Waals surface area (Å²) in [5.74, 6) is -1.30. The van der Waals surface area contributed by atoms with Crippen molar-refractivity contribution < 1.29 is 14.7 Å². The standard InChI is InChI=1S/C23H33NO3/c1-6-8-12-24-20-17(9-7-2)21(25)23(27)19(22(20)26)18-13-15(5)10-11-16(18)14(3)4/h13,16,18,24,26H,3,6-12H2,1-2,4-5H3/t16?,18-/m1/s1. The monoisotopic (exact) mass is 371 g/mol. The van der Waals surface area contributed by atoms with Gasteiger partial charge in [-0.25, -0.2) is 0 Å². The highest BCUT2D eigenvalue weighted by Gasteiger charge is 2.41. The minimum atomic E-state index is -0.556. The summed E-state index contributed by atoms with van der Waals surface area (Å²) in [6.07, 6.45) is 7.04. The molecule has 0 aliphatic heterocycles. The number of allylic oxidation sites excluding steroid dienone is 5. The molecule has 0 aromatic rings. The molecule has 0 saturated carbocycles. The van der Waals surface area contributed by atoms with E-state index in [0.717, 1.165) is 37.7 Å². The van der Waals surface area contributed by atoms with Gasteiger partial charge in [0.05, 0.1) is 11.3 Å². The smallest absolute Gasteiger partial charge is 0.233 e. The first-order valence-electron chi connectivity index (χ1n) is 10.2. The molecule has 0 aromatic heterocycles. The molecule has 0 heterocycles. The minimum Gasteiger partial charge on any atom is -0.505 e. The van der Waals surface area contributed by atoms with Crippen LogP contribution in [-0.2, 0) is 9.59 Å². The zero-order valence-electron chi connectivity index (χ0n) is 17.2.